The second kappa shape index (κ2) is 7.25. The fraction of sp³-hybridized carbons (Fsp3) is 0.235. The smallest absolute Gasteiger partial charge is 0.311 e. The normalized spacial score (nSPS) is 11.2. The van der Waals surface area contributed by atoms with Crippen LogP contribution in [0.1, 0.15) is 35.0 Å². The molecule has 0 radical (unpaired) electrons. The Morgan fingerprint density at radius 1 is 1.08 bits per heavy atom. The molecule has 1 aromatic heterocycles. The molecular formula is C17H15F3N2O2. The minimum Gasteiger partial charge on any atom is -0.311 e. The van der Waals surface area contributed by atoms with Crippen molar-refractivity contribution in [2.24, 2.45) is 0 Å². The number of benzene rings is 1. The number of hydrogen-bond acceptors (Lipinski definition) is 3. The number of amides is 1. The summed E-state index contributed by atoms with van der Waals surface area (Å²) in [4.78, 5) is 27.2. The highest BCUT2D eigenvalue weighted by Crippen LogP contribution is 2.29. The van der Waals surface area contributed by atoms with Gasteiger partial charge in [-0.25, -0.2) is 4.98 Å². The average molecular weight is 336 g/mol. The number of nitrogens with one attached hydrogen (secondary N) is 1. The molecule has 0 aliphatic heterocycles. The molecule has 0 bridgehead atoms. The fourth-order valence-electron chi connectivity index (χ4n) is 2.10. The van der Waals surface area contributed by atoms with E-state index in [0.29, 0.717) is 17.9 Å². The number of halogens is 3. The summed E-state index contributed by atoms with van der Waals surface area (Å²) >= 11 is 0. The van der Waals surface area contributed by atoms with Gasteiger partial charge in [0.05, 0.1) is 5.56 Å². The van der Waals surface area contributed by atoms with Crippen LogP contribution in [0.15, 0.2) is 42.5 Å². The van der Waals surface area contributed by atoms with Crippen LogP contribution in [-0.2, 0) is 17.4 Å². The molecule has 7 heteroatoms. The molecule has 0 aliphatic carbocycles. The number of carbonyl (C=O) groups excluding carboxylic acids is 2. The summed E-state index contributed by atoms with van der Waals surface area (Å²) in [7, 11) is 0. The number of pyridine rings is 1. The number of ketones is 1. The molecule has 1 amide bonds. The van der Waals surface area contributed by atoms with Crippen LogP contribution in [0.4, 0.5) is 19.0 Å². The van der Waals surface area contributed by atoms with Gasteiger partial charge in [0.15, 0.2) is 5.78 Å². The van der Waals surface area contributed by atoms with Crippen LogP contribution in [0.2, 0.25) is 0 Å². The third-order valence-corrected chi connectivity index (χ3v) is 3.25. The third-order valence-electron chi connectivity index (χ3n) is 3.25. The molecule has 0 saturated carbocycles. The van der Waals surface area contributed by atoms with Crippen LogP contribution in [-0.4, -0.2) is 16.7 Å². The lowest BCUT2D eigenvalue weighted by Crippen LogP contribution is -2.09. The van der Waals surface area contributed by atoms with Gasteiger partial charge in [0.2, 0.25) is 5.91 Å². The van der Waals surface area contributed by atoms with E-state index in [1.54, 1.807) is 18.2 Å². The molecule has 4 nitrogen and oxygen atoms in total. The zero-order valence-electron chi connectivity index (χ0n) is 12.9. The Morgan fingerprint density at radius 2 is 1.75 bits per heavy atom. The van der Waals surface area contributed by atoms with Crippen molar-refractivity contribution in [1.29, 1.82) is 0 Å². The maximum Gasteiger partial charge on any atom is 0.416 e. The highest BCUT2D eigenvalue weighted by Gasteiger charge is 2.30. The number of rotatable bonds is 5. The van der Waals surface area contributed by atoms with Gasteiger partial charge in [0.25, 0.3) is 0 Å². The predicted octanol–water partition coefficient (Wildman–Crippen LogP) is 3.87. The maximum absolute atomic E-state index is 12.5. The van der Waals surface area contributed by atoms with Gasteiger partial charge < -0.3 is 5.32 Å². The Hall–Kier alpha value is -2.70. The highest BCUT2D eigenvalue weighted by molar-refractivity contribution is 5.96. The molecule has 2 aromatic rings. The van der Waals surface area contributed by atoms with Crippen molar-refractivity contribution in [2.75, 3.05) is 5.32 Å². The van der Waals surface area contributed by atoms with Gasteiger partial charge in [0, 0.05) is 24.6 Å². The molecule has 1 heterocycles. The first-order valence-electron chi connectivity index (χ1n) is 7.19. The topological polar surface area (TPSA) is 59.1 Å². The van der Waals surface area contributed by atoms with Crippen molar-refractivity contribution in [3.05, 3.63) is 59.3 Å². The van der Waals surface area contributed by atoms with Crippen molar-refractivity contribution in [3.8, 4) is 0 Å². The number of anilines is 1. The van der Waals surface area contributed by atoms with Crippen molar-refractivity contribution in [1.82, 2.24) is 4.98 Å². The summed E-state index contributed by atoms with van der Waals surface area (Å²) in [6, 6.07) is 9.18. The zero-order chi connectivity index (χ0) is 17.7. The lowest BCUT2D eigenvalue weighted by atomic mass is 10.0. The molecule has 2 rings (SSSR count). The monoisotopic (exact) mass is 336 g/mol. The molecule has 0 atom stereocenters. The first-order valence-corrected chi connectivity index (χ1v) is 7.19. The summed E-state index contributed by atoms with van der Waals surface area (Å²) in [6.07, 6.45) is -3.98. The van der Waals surface area contributed by atoms with Crippen LogP contribution in [0, 0.1) is 0 Å². The van der Waals surface area contributed by atoms with E-state index < -0.39 is 11.7 Å². The highest BCUT2D eigenvalue weighted by atomic mass is 19.4. The Bertz CT molecular complexity index is 740. The number of Topliss-reactive ketones (excluding diaryl/α,β-unsaturated/α-hetero) is 1. The first kappa shape index (κ1) is 17.7. The summed E-state index contributed by atoms with van der Waals surface area (Å²) < 4.78 is 37.5. The van der Waals surface area contributed by atoms with Gasteiger partial charge in [-0.05, 0) is 30.7 Å². The van der Waals surface area contributed by atoms with Gasteiger partial charge >= 0.3 is 6.18 Å². The zero-order valence-corrected chi connectivity index (χ0v) is 12.9. The third kappa shape index (κ3) is 4.91. The summed E-state index contributed by atoms with van der Waals surface area (Å²) in [5, 5.41) is 2.54. The molecule has 126 valence electrons. The van der Waals surface area contributed by atoms with E-state index in [9.17, 15) is 22.8 Å². The Kier molecular flexibility index (Phi) is 5.33. The number of aryl methyl sites for hydroxylation is 1. The molecule has 1 N–H and O–H groups in total. The standard InChI is InChI=1S/C17H15F3N2O2/c1-11(23)21-16-4-2-3-14(22-16)9-10-15(24)12-5-7-13(8-6-12)17(18,19)20/h2-8H,9-10H2,1H3,(H,21,22,23). The largest absolute Gasteiger partial charge is 0.416 e. The molecule has 0 saturated heterocycles. The predicted molar refractivity (Wildman–Crippen MR) is 82.6 cm³/mol. The van der Waals surface area contributed by atoms with Crippen molar-refractivity contribution >= 4 is 17.5 Å². The summed E-state index contributed by atoms with van der Waals surface area (Å²) in [6.45, 7) is 1.36. The number of alkyl halides is 3. The lowest BCUT2D eigenvalue weighted by Gasteiger charge is -2.07. The van der Waals surface area contributed by atoms with Crippen LogP contribution in [0.5, 0.6) is 0 Å². The van der Waals surface area contributed by atoms with Crippen LogP contribution >= 0.6 is 0 Å². The summed E-state index contributed by atoms with van der Waals surface area (Å²) in [5.41, 5.74) is 0.0475. The van der Waals surface area contributed by atoms with Gasteiger partial charge in [-0.1, -0.05) is 18.2 Å². The van der Waals surface area contributed by atoms with Gasteiger partial charge in [-0.2, -0.15) is 13.2 Å². The number of carbonyl (C=O) groups is 2. The van der Waals surface area contributed by atoms with E-state index >= 15 is 0 Å². The first-order chi connectivity index (χ1) is 11.3. The van der Waals surface area contributed by atoms with Gasteiger partial charge in [-0.3, -0.25) is 9.59 Å². The van der Waals surface area contributed by atoms with Gasteiger partial charge in [-0.15, -0.1) is 0 Å². The van der Waals surface area contributed by atoms with E-state index in [2.05, 4.69) is 10.3 Å². The van der Waals surface area contributed by atoms with Crippen LogP contribution in [0.25, 0.3) is 0 Å². The minimum absolute atomic E-state index is 0.113. The molecule has 0 spiro atoms. The molecule has 0 aliphatic rings. The number of hydrogen-bond donors (Lipinski definition) is 1. The average Bonchev–Trinajstić information content (AvgIpc) is 2.51. The molecule has 0 unspecified atom stereocenters. The minimum atomic E-state index is -4.42. The molecular weight excluding hydrogens is 321 g/mol. The Morgan fingerprint density at radius 3 is 2.33 bits per heavy atom. The van der Waals surface area contributed by atoms with E-state index in [4.69, 9.17) is 0 Å². The maximum atomic E-state index is 12.5. The van der Waals surface area contributed by atoms with E-state index in [-0.39, 0.29) is 23.7 Å². The lowest BCUT2D eigenvalue weighted by molar-refractivity contribution is -0.137. The van der Waals surface area contributed by atoms with E-state index in [0.717, 1.165) is 12.1 Å². The second-order valence-electron chi connectivity index (χ2n) is 5.19. The van der Waals surface area contributed by atoms with Crippen molar-refractivity contribution in [2.45, 2.75) is 25.9 Å². The molecule has 1 aromatic carbocycles. The summed E-state index contributed by atoms with van der Waals surface area (Å²) in [5.74, 6) is -0.127. The fourth-order valence-corrected chi connectivity index (χ4v) is 2.10. The van der Waals surface area contributed by atoms with Crippen LogP contribution in [0.3, 0.4) is 0 Å². The quantitative estimate of drug-likeness (QED) is 0.843. The van der Waals surface area contributed by atoms with E-state index in [1.165, 1.54) is 19.1 Å². The number of nitrogens with zero attached hydrogens (tertiary/aromatic N) is 1. The van der Waals surface area contributed by atoms with Crippen molar-refractivity contribution < 1.29 is 22.8 Å². The second-order valence-corrected chi connectivity index (χ2v) is 5.19. The van der Waals surface area contributed by atoms with Crippen molar-refractivity contribution in [3.63, 3.8) is 0 Å². The molecule has 24 heavy (non-hydrogen) atoms. The number of aromatic nitrogens is 1. The Labute approximate surface area is 136 Å². The van der Waals surface area contributed by atoms with Gasteiger partial charge in [0.1, 0.15) is 5.82 Å². The SMILES string of the molecule is CC(=O)Nc1cccc(CCC(=O)c2ccc(C(F)(F)F)cc2)n1. The molecule has 0 fully saturated rings. The Balaban J connectivity index is 1.99. The van der Waals surface area contributed by atoms with Crippen LogP contribution < -0.4 is 5.32 Å². The van der Waals surface area contributed by atoms with E-state index in [1.807, 2.05) is 0 Å².